The number of nitrogens with one attached hydrogen (secondary N) is 1. The second-order valence-electron chi connectivity index (χ2n) is 2.73. The lowest BCUT2D eigenvalue weighted by Crippen LogP contribution is -2.15. The first kappa shape index (κ1) is 9.48. The summed E-state index contributed by atoms with van der Waals surface area (Å²) in [6.07, 6.45) is 0.645. The van der Waals surface area contributed by atoms with Gasteiger partial charge in [0.15, 0.2) is 5.13 Å². The maximum Gasteiger partial charge on any atom is 0.182 e. The van der Waals surface area contributed by atoms with E-state index in [2.05, 4.69) is 17.2 Å². The minimum absolute atomic E-state index is 0.320. The van der Waals surface area contributed by atoms with E-state index < -0.39 is 0 Å². The van der Waals surface area contributed by atoms with Gasteiger partial charge in [-0.1, -0.05) is 6.92 Å². The maximum atomic E-state index is 8.99. The zero-order chi connectivity index (χ0) is 8.97. The highest BCUT2D eigenvalue weighted by Crippen LogP contribution is 2.15. The normalized spacial score (nSPS) is 12.9. The molecule has 0 amide bonds. The summed E-state index contributed by atoms with van der Waals surface area (Å²) < 4.78 is 0. The minimum Gasteiger partial charge on any atom is -0.392 e. The van der Waals surface area contributed by atoms with E-state index in [-0.39, 0.29) is 6.10 Å². The van der Waals surface area contributed by atoms with E-state index in [0.717, 1.165) is 17.2 Å². The smallest absolute Gasteiger partial charge is 0.182 e. The third kappa shape index (κ3) is 2.79. The van der Waals surface area contributed by atoms with Crippen molar-refractivity contribution in [3.63, 3.8) is 0 Å². The van der Waals surface area contributed by atoms with Crippen molar-refractivity contribution >= 4 is 16.5 Å². The first-order chi connectivity index (χ1) is 5.72. The number of aliphatic hydroxyl groups is 1. The summed E-state index contributed by atoms with van der Waals surface area (Å²) in [7, 11) is 0. The average Bonchev–Trinajstić information content (AvgIpc) is 2.48. The van der Waals surface area contributed by atoms with Crippen molar-refractivity contribution in [3.05, 3.63) is 11.1 Å². The van der Waals surface area contributed by atoms with Crippen molar-refractivity contribution in [3.8, 4) is 0 Å². The monoisotopic (exact) mass is 186 g/mol. The molecular weight excluding hydrogens is 172 g/mol. The van der Waals surface area contributed by atoms with Gasteiger partial charge in [0.2, 0.25) is 0 Å². The van der Waals surface area contributed by atoms with E-state index in [1.54, 1.807) is 18.3 Å². The van der Waals surface area contributed by atoms with Gasteiger partial charge in [-0.3, -0.25) is 0 Å². The fraction of sp³-hybridized carbons (Fsp3) is 0.625. The van der Waals surface area contributed by atoms with Gasteiger partial charge in [-0.2, -0.15) is 0 Å². The molecule has 12 heavy (non-hydrogen) atoms. The van der Waals surface area contributed by atoms with Crippen LogP contribution in [0.15, 0.2) is 5.38 Å². The Labute approximate surface area is 76.5 Å². The van der Waals surface area contributed by atoms with Crippen molar-refractivity contribution < 1.29 is 5.11 Å². The maximum absolute atomic E-state index is 8.99. The summed E-state index contributed by atoms with van der Waals surface area (Å²) in [4.78, 5) is 4.30. The molecule has 3 nitrogen and oxygen atoms in total. The standard InChI is InChI=1S/C8H14N2OS/c1-3-7-5-12-8(10-7)9-4-6(2)11/h5-6,11H,3-4H2,1-2H3,(H,9,10)/t6-/m1/s1. The van der Waals surface area contributed by atoms with Crippen LogP contribution in [0.5, 0.6) is 0 Å². The highest BCUT2D eigenvalue weighted by molar-refractivity contribution is 7.13. The Morgan fingerprint density at radius 3 is 3.00 bits per heavy atom. The van der Waals surface area contributed by atoms with E-state index in [1.165, 1.54) is 0 Å². The number of anilines is 1. The van der Waals surface area contributed by atoms with Gasteiger partial charge in [0.1, 0.15) is 0 Å². The first-order valence-corrected chi connectivity index (χ1v) is 4.96. The zero-order valence-corrected chi connectivity index (χ0v) is 8.19. The summed E-state index contributed by atoms with van der Waals surface area (Å²) in [5.74, 6) is 0. The molecule has 1 heterocycles. The van der Waals surface area contributed by atoms with E-state index in [1.807, 2.05) is 5.38 Å². The first-order valence-electron chi connectivity index (χ1n) is 4.08. The molecule has 0 aromatic carbocycles. The van der Waals surface area contributed by atoms with Crippen molar-refractivity contribution in [1.82, 2.24) is 4.98 Å². The van der Waals surface area contributed by atoms with Crippen LogP contribution < -0.4 is 5.32 Å². The van der Waals surface area contributed by atoms with Crippen molar-refractivity contribution in [2.45, 2.75) is 26.4 Å². The Bertz CT molecular complexity index is 235. The minimum atomic E-state index is -0.320. The van der Waals surface area contributed by atoms with Crippen LogP contribution >= 0.6 is 11.3 Å². The van der Waals surface area contributed by atoms with Crippen molar-refractivity contribution in [2.24, 2.45) is 0 Å². The number of thiazole rings is 1. The molecule has 0 radical (unpaired) electrons. The Hall–Kier alpha value is -0.610. The number of rotatable bonds is 4. The van der Waals surface area contributed by atoms with E-state index in [9.17, 15) is 0 Å². The molecule has 0 aliphatic heterocycles. The number of hydrogen-bond donors (Lipinski definition) is 2. The van der Waals surface area contributed by atoms with Gasteiger partial charge in [0, 0.05) is 11.9 Å². The third-order valence-corrected chi connectivity index (χ3v) is 2.31. The Morgan fingerprint density at radius 1 is 1.75 bits per heavy atom. The van der Waals surface area contributed by atoms with Gasteiger partial charge in [-0.05, 0) is 13.3 Å². The number of aliphatic hydroxyl groups excluding tert-OH is 1. The number of aromatic nitrogens is 1. The van der Waals surface area contributed by atoms with Crippen LogP contribution in [0.1, 0.15) is 19.5 Å². The van der Waals surface area contributed by atoms with Gasteiger partial charge in [-0.25, -0.2) is 4.98 Å². The second-order valence-corrected chi connectivity index (χ2v) is 3.59. The molecular formula is C8H14N2OS. The van der Waals surface area contributed by atoms with Crippen LogP contribution in [0.2, 0.25) is 0 Å². The van der Waals surface area contributed by atoms with Crippen LogP contribution in [-0.4, -0.2) is 22.7 Å². The molecule has 1 rings (SSSR count). The molecule has 1 atom stereocenters. The van der Waals surface area contributed by atoms with Crippen LogP contribution in [0.3, 0.4) is 0 Å². The van der Waals surface area contributed by atoms with Crippen molar-refractivity contribution in [2.75, 3.05) is 11.9 Å². The predicted molar refractivity (Wildman–Crippen MR) is 51.7 cm³/mol. The lowest BCUT2D eigenvalue weighted by Gasteiger charge is -2.03. The second kappa shape index (κ2) is 4.42. The largest absolute Gasteiger partial charge is 0.392 e. The third-order valence-electron chi connectivity index (χ3n) is 1.46. The lowest BCUT2D eigenvalue weighted by atomic mass is 10.4. The molecule has 0 saturated carbocycles. The summed E-state index contributed by atoms with van der Waals surface area (Å²) in [5, 5.41) is 15.0. The van der Waals surface area contributed by atoms with Gasteiger partial charge in [0.25, 0.3) is 0 Å². The van der Waals surface area contributed by atoms with Gasteiger partial charge >= 0.3 is 0 Å². The summed E-state index contributed by atoms with van der Waals surface area (Å²) in [5.41, 5.74) is 1.10. The van der Waals surface area contributed by atoms with E-state index >= 15 is 0 Å². The Balaban J connectivity index is 2.41. The lowest BCUT2D eigenvalue weighted by molar-refractivity contribution is 0.208. The number of aryl methyl sites for hydroxylation is 1. The summed E-state index contributed by atoms with van der Waals surface area (Å²) in [6, 6.07) is 0. The van der Waals surface area contributed by atoms with E-state index in [4.69, 9.17) is 5.11 Å². The topological polar surface area (TPSA) is 45.1 Å². The van der Waals surface area contributed by atoms with Gasteiger partial charge in [0.05, 0.1) is 11.8 Å². The molecule has 0 unspecified atom stereocenters. The van der Waals surface area contributed by atoms with Gasteiger partial charge in [-0.15, -0.1) is 11.3 Å². The molecule has 0 aliphatic carbocycles. The predicted octanol–water partition coefficient (Wildman–Crippen LogP) is 1.50. The zero-order valence-electron chi connectivity index (χ0n) is 7.37. The SMILES string of the molecule is CCc1csc(NC[C@@H](C)O)n1. The molecule has 0 spiro atoms. The molecule has 0 saturated heterocycles. The van der Waals surface area contributed by atoms with Crippen LogP contribution in [0, 0.1) is 0 Å². The molecule has 0 aliphatic rings. The molecule has 4 heteroatoms. The molecule has 0 fully saturated rings. The number of hydrogen-bond acceptors (Lipinski definition) is 4. The Morgan fingerprint density at radius 2 is 2.50 bits per heavy atom. The quantitative estimate of drug-likeness (QED) is 0.749. The highest BCUT2D eigenvalue weighted by Gasteiger charge is 2.00. The fourth-order valence-electron chi connectivity index (χ4n) is 0.786. The van der Waals surface area contributed by atoms with Crippen LogP contribution in [0.4, 0.5) is 5.13 Å². The number of nitrogens with zero attached hydrogens (tertiary/aromatic N) is 1. The average molecular weight is 186 g/mol. The fourth-order valence-corrected chi connectivity index (χ4v) is 1.59. The molecule has 2 N–H and O–H groups in total. The highest BCUT2D eigenvalue weighted by atomic mass is 32.1. The van der Waals surface area contributed by atoms with Crippen molar-refractivity contribution in [1.29, 1.82) is 0 Å². The van der Waals surface area contributed by atoms with Crippen LogP contribution in [-0.2, 0) is 6.42 Å². The Kier molecular flexibility index (Phi) is 3.49. The molecule has 68 valence electrons. The van der Waals surface area contributed by atoms with Crippen LogP contribution in [0.25, 0.3) is 0 Å². The molecule has 0 bridgehead atoms. The summed E-state index contributed by atoms with van der Waals surface area (Å²) in [6.45, 7) is 4.39. The molecule has 1 aromatic rings. The summed E-state index contributed by atoms with van der Waals surface area (Å²) >= 11 is 1.58. The molecule has 1 aromatic heterocycles. The van der Waals surface area contributed by atoms with Gasteiger partial charge < -0.3 is 10.4 Å². The van der Waals surface area contributed by atoms with E-state index in [0.29, 0.717) is 6.54 Å².